The molecular weight excluding hydrogens is 376 g/mol. The van der Waals surface area contributed by atoms with Gasteiger partial charge in [0.25, 0.3) is 5.91 Å². The van der Waals surface area contributed by atoms with Crippen LogP contribution in [0.25, 0.3) is 0 Å². The summed E-state index contributed by atoms with van der Waals surface area (Å²) in [6.45, 7) is 2.95. The van der Waals surface area contributed by atoms with Crippen LogP contribution in [0.15, 0.2) is 73.1 Å². The molecule has 152 valence electrons. The molecule has 0 radical (unpaired) electrons. The van der Waals surface area contributed by atoms with E-state index >= 15 is 0 Å². The summed E-state index contributed by atoms with van der Waals surface area (Å²) in [5.74, 6) is -0.634. The quantitative estimate of drug-likeness (QED) is 0.588. The second-order valence-electron chi connectivity index (χ2n) is 7.48. The van der Waals surface area contributed by atoms with Crippen molar-refractivity contribution in [1.29, 1.82) is 0 Å². The van der Waals surface area contributed by atoms with Crippen LogP contribution in [0.2, 0.25) is 0 Å². The van der Waals surface area contributed by atoms with Gasteiger partial charge in [-0.05, 0) is 40.8 Å². The van der Waals surface area contributed by atoms with Gasteiger partial charge in [0.05, 0.1) is 5.56 Å². The fraction of sp³-hybridized carbons (Fsp3) is 0.240. The third-order valence-corrected chi connectivity index (χ3v) is 5.38. The maximum Gasteiger partial charge on any atom is 0.339 e. The number of hydrogen-bond acceptors (Lipinski definition) is 4. The lowest BCUT2D eigenvalue weighted by molar-refractivity contribution is -0.142. The minimum Gasteiger partial charge on any atom is -0.448 e. The Morgan fingerprint density at radius 2 is 1.73 bits per heavy atom. The highest BCUT2D eigenvalue weighted by Gasteiger charge is 2.34. The SMILES string of the molecule is CCc1ccc(CN(Cc2cccnc2)C(=O)[C@@H]2Cc3ccccc3C(=O)O2)cc1. The third-order valence-electron chi connectivity index (χ3n) is 5.38. The molecule has 1 atom stereocenters. The zero-order chi connectivity index (χ0) is 20.9. The first-order valence-corrected chi connectivity index (χ1v) is 10.2. The van der Waals surface area contributed by atoms with E-state index in [9.17, 15) is 9.59 Å². The Bertz CT molecular complexity index is 1030. The first-order chi connectivity index (χ1) is 14.6. The number of carbonyl (C=O) groups excluding carboxylic acids is 2. The predicted octanol–water partition coefficient (Wildman–Crippen LogP) is 3.95. The molecule has 0 spiro atoms. The predicted molar refractivity (Wildman–Crippen MR) is 114 cm³/mol. The van der Waals surface area contributed by atoms with Crippen molar-refractivity contribution in [3.05, 3.63) is 101 Å². The molecule has 0 saturated heterocycles. The zero-order valence-electron chi connectivity index (χ0n) is 17.0. The Kier molecular flexibility index (Phi) is 5.89. The second-order valence-corrected chi connectivity index (χ2v) is 7.48. The van der Waals surface area contributed by atoms with Gasteiger partial charge in [0.1, 0.15) is 0 Å². The fourth-order valence-corrected chi connectivity index (χ4v) is 3.70. The smallest absolute Gasteiger partial charge is 0.339 e. The van der Waals surface area contributed by atoms with Crippen molar-refractivity contribution >= 4 is 11.9 Å². The number of aromatic nitrogens is 1. The van der Waals surface area contributed by atoms with Gasteiger partial charge in [-0.25, -0.2) is 4.79 Å². The summed E-state index contributed by atoms with van der Waals surface area (Å²) in [6, 6.07) is 19.3. The van der Waals surface area contributed by atoms with Crippen molar-refractivity contribution in [1.82, 2.24) is 9.88 Å². The van der Waals surface area contributed by atoms with Crippen LogP contribution < -0.4 is 0 Å². The summed E-state index contributed by atoms with van der Waals surface area (Å²) >= 11 is 0. The molecule has 5 nitrogen and oxygen atoms in total. The highest BCUT2D eigenvalue weighted by molar-refractivity contribution is 5.95. The van der Waals surface area contributed by atoms with E-state index in [0.717, 1.165) is 23.1 Å². The van der Waals surface area contributed by atoms with Crippen LogP contribution in [-0.2, 0) is 35.5 Å². The van der Waals surface area contributed by atoms with Crippen LogP contribution >= 0.6 is 0 Å². The molecule has 1 aromatic heterocycles. The molecule has 0 fully saturated rings. The van der Waals surface area contributed by atoms with Gasteiger partial charge in [0, 0.05) is 31.9 Å². The highest BCUT2D eigenvalue weighted by Crippen LogP contribution is 2.23. The Balaban J connectivity index is 1.58. The lowest BCUT2D eigenvalue weighted by Gasteiger charge is -2.30. The number of rotatable bonds is 6. The molecule has 0 saturated carbocycles. The summed E-state index contributed by atoms with van der Waals surface area (Å²) in [5, 5.41) is 0. The molecule has 0 aliphatic carbocycles. The van der Waals surface area contributed by atoms with Crippen molar-refractivity contribution in [2.75, 3.05) is 0 Å². The molecule has 2 heterocycles. The molecular formula is C25H24N2O3. The van der Waals surface area contributed by atoms with Gasteiger partial charge >= 0.3 is 5.97 Å². The molecule has 1 aliphatic rings. The number of benzene rings is 2. The summed E-state index contributed by atoms with van der Waals surface area (Å²) < 4.78 is 5.52. The molecule has 30 heavy (non-hydrogen) atoms. The number of amides is 1. The van der Waals surface area contributed by atoms with Crippen molar-refractivity contribution in [3.63, 3.8) is 0 Å². The van der Waals surface area contributed by atoms with Crippen LogP contribution in [-0.4, -0.2) is 27.9 Å². The maximum absolute atomic E-state index is 13.4. The standard InChI is InChI=1S/C25H24N2O3/c1-2-18-9-11-19(12-10-18)16-27(17-20-6-5-13-26-15-20)24(28)23-14-21-7-3-4-8-22(21)25(29)30-23/h3-13,15,23H,2,14,16-17H2,1H3/t23-/m0/s1. The molecule has 2 aromatic carbocycles. The lowest BCUT2D eigenvalue weighted by atomic mass is 9.97. The normalized spacial score (nSPS) is 15.2. The summed E-state index contributed by atoms with van der Waals surface area (Å²) in [7, 11) is 0. The number of hydrogen-bond donors (Lipinski definition) is 0. The van der Waals surface area contributed by atoms with E-state index in [1.807, 2.05) is 36.4 Å². The average molecular weight is 400 g/mol. The Morgan fingerprint density at radius 3 is 2.47 bits per heavy atom. The van der Waals surface area contributed by atoms with Gasteiger partial charge in [-0.2, -0.15) is 0 Å². The minimum atomic E-state index is -0.820. The van der Waals surface area contributed by atoms with E-state index in [0.29, 0.717) is 25.1 Å². The summed E-state index contributed by atoms with van der Waals surface area (Å²) in [5.41, 5.74) is 4.60. The number of carbonyl (C=O) groups is 2. The number of fused-ring (bicyclic) bond motifs is 1. The molecule has 0 bridgehead atoms. The monoisotopic (exact) mass is 400 g/mol. The maximum atomic E-state index is 13.4. The van der Waals surface area contributed by atoms with E-state index in [4.69, 9.17) is 4.74 Å². The Hall–Kier alpha value is -3.47. The Labute approximate surface area is 176 Å². The van der Waals surface area contributed by atoms with E-state index in [1.54, 1.807) is 29.4 Å². The van der Waals surface area contributed by atoms with Gasteiger partial charge < -0.3 is 9.64 Å². The number of pyridine rings is 1. The average Bonchev–Trinajstić information content (AvgIpc) is 2.79. The molecule has 4 rings (SSSR count). The molecule has 1 amide bonds. The second kappa shape index (κ2) is 8.91. The van der Waals surface area contributed by atoms with Crippen molar-refractivity contribution in [3.8, 4) is 0 Å². The van der Waals surface area contributed by atoms with Crippen molar-refractivity contribution < 1.29 is 14.3 Å². The van der Waals surface area contributed by atoms with Gasteiger partial charge in [-0.3, -0.25) is 9.78 Å². The van der Waals surface area contributed by atoms with E-state index < -0.39 is 12.1 Å². The van der Waals surface area contributed by atoms with Gasteiger partial charge in [0.15, 0.2) is 6.10 Å². The van der Waals surface area contributed by atoms with Crippen LogP contribution in [0.3, 0.4) is 0 Å². The molecule has 5 heteroatoms. The largest absolute Gasteiger partial charge is 0.448 e. The highest BCUT2D eigenvalue weighted by atomic mass is 16.5. The van der Waals surface area contributed by atoms with Crippen molar-refractivity contribution in [2.24, 2.45) is 0 Å². The number of ether oxygens (including phenoxy) is 1. The summed E-state index contributed by atoms with van der Waals surface area (Å²) in [4.78, 5) is 31.7. The molecule has 3 aromatic rings. The third kappa shape index (κ3) is 4.40. The van der Waals surface area contributed by atoms with E-state index in [1.165, 1.54) is 5.56 Å². The van der Waals surface area contributed by atoms with Crippen LogP contribution in [0.1, 0.15) is 39.5 Å². The number of cyclic esters (lactones) is 1. The van der Waals surface area contributed by atoms with E-state index in [-0.39, 0.29) is 5.91 Å². The molecule has 0 unspecified atom stereocenters. The zero-order valence-corrected chi connectivity index (χ0v) is 17.0. The van der Waals surface area contributed by atoms with Gasteiger partial charge in [-0.15, -0.1) is 0 Å². The number of esters is 1. The Morgan fingerprint density at radius 1 is 1.00 bits per heavy atom. The van der Waals surface area contributed by atoms with Crippen LogP contribution in [0.4, 0.5) is 0 Å². The van der Waals surface area contributed by atoms with Gasteiger partial charge in [-0.1, -0.05) is 55.5 Å². The molecule has 1 aliphatic heterocycles. The first-order valence-electron chi connectivity index (χ1n) is 10.2. The fourth-order valence-electron chi connectivity index (χ4n) is 3.70. The first kappa shape index (κ1) is 19.8. The minimum absolute atomic E-state index is 0.193. The topological polar surface area (TPSA) is 59.5 Å². The van der Waals surface area contributed by atoms with Gasteiger partial charge in [0.2, 0.25) is 0 Å². The summed E-state index contributed by atoms with van der Waals surface area (Å²) in [6.07, 6.45) is 4.00. The van der Waals surface area contributed by atoms with E-state index in [2.05, 4.69) is 24.0 Å². The molecule has 0 N–H and O–H groups in total. The lowest BCUT2D eigenvalue weighted by Crippen LogP contribution is -2.43. The van der Waals surface area contributed by atoms with Crippen LogP contribution in [0.5, 0.6) is 0 Å². The number of aryl methyl sites for hydroxylation is 1. The van der Waals surface area contributed by atoms with Crippen molar-refractivity contribution in [2.45, 2.75) is 39.0 Å². The van der Waals surface area contributed by atoms with Crippen LogP contribution in [0, 0.1) is 0 Å². The number of nitrogens with zero attached hydrogens (tertiary/aromatic N) is 2.